The Hall–Kier alpha value is -2.16. The fourth-order valence-corrected chi connectivity index (χ4v) is 3.98. The standard InChI is InChI=1S/C21H27F4N3O2/c1-20(5-2-6-20)27-18(29)13-28-7-3-14(4-8-28)12-26-19(30)15-9-16(21(23,24)25)11-17(22)10-15/h9-11,14H,2-8,12-13H2,1H3,(H,26,30)(H,27,29). The Bertz CT molecular complexity index is 785. The maximum atomic E-state index is 13.5. The number of rotatable bonds is 6. The normalized spacial score (nSPS) is 19.8. The van der Waals surface area contributed by atoms with Crippen molar-refractivity contribution in [3.05, 3.63) is 35.1 Å². The third kappa shape index (κ3) is 5.93. The molecule has 166 valence electrons. The summed E-state index contributed by atoms with van der Waals surface area (Å²) in [4.78, 5) is 26.4. The zero-order valence-corrected chi connectivity index (χ0v) is 16.9. The zero-order valence-electron chi connectivity index (χ0n) is 16.9. The molecule has 1 heterocycles. The van der Waals surface area contributed by atoms with Gasteiger partial charge >= 0.3 is 6.18 Å². The summed E-state index contributed by atoms with van der Waals surface area (Å²) in [5.74, 6) is -1.64. The lowest BCUT2D eigenvalue weighted by atomic mass is 9.78. The van der Waals surface area contributed by atoms with Gasteiger partial charge in [0.2, 0.25) is 5.91 Å². The second kappa shape index (κ2) is 8.91. The number of likely N-dealkylation sites (tertiary alicyclic amines) is 1. The first-order valence-electron chi connectivity index (χ1n) is 10.2. The molecule has 2 N–H and O–H groups in total. The molecule has 2 amide bonds. The van der Waals surface area contributed by atoms with E-state index >= 15 is 0 Å². The van der Waals surface area contributed by atoms with Crippen LogP contribution in [0.3, 0.4) is 0 Å². The molecule has 1 saturated carbocycles. The largest absolute Gasteiger partial charge is 0.416 e. The minimum atomic E-state index is -4.72. The van der Waals surface area contributed by atoms with Gasteiger partial charge in [-0.15, -0.1) is 0 Å². The predicted octanol–water partition coefficient (Wildman–Crippen LogP) is 3.35. The van der Waals surface area contributed by atoms with E-state index in [-0.39, 0.29) is 22.9 Å². The van der Waals surface area contributed by atoms with Crippen LogP contribution in [0.2, 0.25) is 0 Å². The number of benzene rings is 1. The van der Waals surface area contributed by atoms with Gasteiger partial charge in [0.05, 0.1) is 12.1 Å². The lowest BCUT2D eigenvalue weighted by molar-refractivity contribution is -0.137. The molecular weight excluding hydrogens is 402 g/mol. The highest BCUT2D eigenvalue weighted by Gasteiger charge is 2.34. The molecule has 1 aliphatic carbocycles. The van der Waals surface area contributed by atoms with E-state index in [1.807, 2.05) is 0 Å². The maximum Gasteiger partial charge on any atom is 0.416 e. The minimum Gasteiger partial charge on any atom is -0.352 e. The van der Waals surface area contributed by atoms with Gasteiger partial charge in [-0.05, 0) is 76.2 Å². The van der Waals surface area contributed by atoms with E-state index < -0.39 is 23.5 Å². The van der Waals surface area contributed by atoms with Gasteiger partial charge in [-0.2, -0.15) is 13.2 Å². The molecule has 9 heteroatoms. The SMILES string of the molecule is CC1(NC(=O)CN2CCC(CNC(=O)c3cc(F)cc(C(F)(F)F)c3)CC2)CCC1. The van der Waals surface area contributed by atoms with Crippen LogP contribution in [0.5, 0.6) is 0 Å². The molecule has 1 saturated heterocycles. The Morgan fingerprint density at radius 1 is 1.17 bits per heavy atom. The van der Waals surface area contributed by atoms with Crippen molar-refractivity contribution in [2.45, 2.75) is 50.7 Å². The quantitative estimate of drug-likeness (QED) is 0.682. The van der Waals surface area contributed by atoms with Crippen LogP contribution < -0.4 is 10.6 Å². The zero-order chi connectivity index (χ0) is 21.9. The number of nitrogens with one attached hydrogen (secondary N) is 2. The van der Waals surface area contributed by atoms with Crippen molar-refractivity contribution in [3.63, 3.8) is 0 Å². The molecule has 1 aromatic carbocycles. The van der Waals surface area contributed by atoms with Gasteiger partial charge in [-0.25, -0.2) is 4.39 Å². The molecule has 2 aliphatic rings. The van der Waals surface area contributed by atoms with Crippen LogP contribution in [0.1, 0.15) is 54.9 Å². The fraction of sp³-hybridized carbons (Fsp3) is 0.619. The van der Waals surface area contributed by atoms with Crippen LogP contribution in [0.25, 0.3) is 0 Å². The van der Waals surface area contributed by atoms with Gasteiger partial charge < -0.3 is 10.6 Å². The average molecular weight is 429 g/mol. The molecule has 1 aliphatic heterocycles. The van der Waals surface area contributed by atoms with Crippen molar-refractivity contribution in [1.29, 1.82) is 0 Å². The number of piperidine rings is 1. The predicted molar refractivity (Wildman–Crippen MR) is 103 cm³/mol. The number of hydrogen-bond acceptors (Lipinski definition) is 3. The molecule has 0 atom stereocenters. The van der Waals surface area contributed by atoms with Crippen LogP contribution in [0.4, 0.5) is 17.6 Å². The van der Waals surface area contributed by atoms with Gasteiger partial charge in [-0.3, -0.25) is 14.5 Å². The van der Waals surface area contributed by atoms with Crippen molar-refractivity contribution in [3.8, 4) is 0 Å². The average Bonchev–Trinajstić information content (AvgIpc) is 2.64. The Labute approximate surface area is 173 Å². The highest BCUT2D eigenvalue weighted by atomic mass is 19.4. The maximum absolute atomic E-state index is 13.5. The Balaban J connectivity index is 1.43. The number of alkyl halides is 3. The van der Waals surface area contributed by atoms with E-state index in [0.29, 0.717) is 38.3 Å². The highest BCUT2D eigenvalue weighted by Crippen LogP contribution is 2.31. The Morgan fingerprint density at radius 3 is 2.40 bits per heavy atom. The second-order valence-electron chi connectivity index (χ2n) is 8.62. The molecule has 1 aromatic rings. The van der Waals surface area contributed by atoms with E-state index in [1.165, 1.54) is 0 Å². The summed E-state index contributed by atoms with van der Waals surface area (Å²) in [6.45, 7) is 4.12. The summed E-state index contributed by atoms with van der Waals surface area (Å²) in [6.07, 6.45) is -0.0243. The molecule has 0 bridgehead atoms. The second-order valence-corrected chi connectivity index (χ2v) is 8.62. The van der Waals surface area contributed by atoms with Crippen LogP contribution in [0, 0.1) is 11.7 Å². The summed E-state index contributed by atoms with van der Waals surface area (Å²) in [7, 11) is 0. The number of nitrogens with zero attached hydrogens (tertiary/aromatic N) is 1. The summed E-state index contributed by atoms with van der Waals surface area (Å²) in [5.41, 5.74) is -1.60. The highest BCUT2D eigenvalue weighted by molar-refractivity contribution is 5.94. The van der Waals surface area contributed by atoms with E-state index in [4.69, 9.17) is 0 Å². The minimum absolute atomic E-state index is 0.0236. The van der Waals surface area contributed by atoms with Crippen molar-refractivity contribution in [2.75, 3.05) is 26.2 Å². The molecule has 3 rings (SSSR count). The Kier molecular flexibility index (Phi) is 6.69. The van der Waals surface area contributed by atoms with Crippen molar-refractivity contribution in [2.24, 2.45) is 5.92 Å². The topological polar surface area (TPSA) is 61.4 Å². The van der Waals surface area contributed by atoms with Gasteiger partial charge in [0, 0.05) is 17.6 Å². The number of halogens is 4. The van der Waals surface area contributed by atoms with Crippen LogP contribution in [-0.4, -0.2) is 48.4 Å². The summed E-state index contributed by atoms with van der Waals surface area (Å²) >= 11 is 0. The fourth-order valence-electron chi connectivity index (χ4n) is 3.98. The number of hydrogen-bond donors (Lipinski definition) is 2. The lowest BCUT2D eigenvalue weighted by Crippen LogP contribution is -2.54. The van der Waals surface area contributed by atoms with Crippen LogP contribution >= 0.6 is 0 Å². The molecule has 2 fully saturated rings. The van der Waals surface area contributed by atoms with E-state index in [9.17, 15) is 27.2 Å². The van der Waals surface area contributed by atoms with Crippen LogP contribution in [0.15, 0.2) is 18.2 Å². The smallest absolute Gasteiger partial charge is 0.352 e. The first kappa shape index (κ1) is 22.5. The molecular formula is C21H27F4N3O2. The third-order valence-electron chi connectivity index (χ3n) is 6.01. The van der Waals surface area contributed by atoms with Gasteiger partial charge in [0.25, 0.3) is 5.91 Å². The number of carbonyl (C=O) groups is 2. The van der Waals surface area contributed by atoms with E-state index in [2.05, 4.69) is 22.5 Å². The van der Waals surface area contributed by atoms with Gasteiger partial charge in [0.1, 0.15) is 5.82 Å². The molecule has 0 aromatic heterocycles. The van der Waals surface area contributed by atoms with Crippen LogP contribution in [-0.2, 0) is 11.0 Å². The number of carbonyl (C=O) groups excluding carboxylic acids is 2. The first-order valence-corrected chi connectivity index (χ1v) is 10.2. The molecule has 30 heavy (non-hydrogen) atoms. The molecule has 0 radical (unpaired) electrons. The van der Waals surface area contributed by atoms with Crippen molar-refractivity contribution < 1.29 is 27.2 Å². The lowest BCUT2D eigenvalue weighted by Gasteiger charge is -2.40. The van der Waals surface area contributed by atoms with Crippen molar-refractivity contribution in [1.82, 2.24) is 15.5 Å². The molecule has 0 spiro atoms. The van der Waals surface area contributed by atoms with E-state index in [1.54, 1.807) is 0 Å². The number of amides is 2. The Morgan fingerprint density at radius 2 is 1.83 bits per heavy atom. The third-order valence-corrected chi connectivity index (χ3v) is 6.01. The summed E-state index contributed by atoms with van der Waals surface area (Å²) in [5, 5.41) is 5.69. The first-order chi connectivity index (χ1) is 14.0. The van der Waals surface area contributed by atoms with Crippen molar-refractivity contribution >= 4 is 11.8 Å². The van der Waals surface area contributed by atoms with Gasteiger partial charge in [-0.1, -0.05) is 0 Å². The van der Waals surface area contributed by atoms with E-state index in [0.717, 1.165) is 38.2 Å². The molecule has 5 nitrogen and oxygen atoms in total. The summed E-state index contributed by atoms with van der Waals surface area (Å²) in [6, 6.07) is 1.82. The van der Waals surface area contributed by atoms with Gasteiger partial charge in [0.15, 0.2) is 0 Å². The summed E-state index contributed by atoms with van der Waals surface area (Å²) < 4.78 is 51.9. The molecule has 0 unspecified atom stereocenters. The monoisotopic (exact) mass is 429 g/mol.